The highest BCUT2D eigenvalue weighted by Gasteiger charge is 2.43. The molecule has 0 saturated carbocycles. The number of hydrogen-bond acceptors (Lipinski definition) is 6. The van der Waals surface area contributed by atoms with Crippen molar-refractivity contribution in [1.29, 1.82) is 0 Å². The second kappa shape index (κ2) is 11.1. The first-order chi connectivity index (χ1) is 13.0. The lowest BCUT2D eigenvalue weighted by molar-refractivity contribution is 0.0997. The quantitative estimate of drug-likeness (QED) is 0.258. The summed E-state index contributed by atoms with van der Waals surface area (Å²) in [7, 11) is -6.18. The highest BCUT2D eigenvalue weighted by atomic mass is 31.2. The van der Waals surface area contributed by atoms with E-state index in [1.165, 1.54) is 11.0 Å². The molecule has 1 N–H and O–H groups in total. The van der Waals surface area contributed by atoms with Crippen molar-refractivity contribution in [3.05, 3.63) is 11.6 Å². The van der Waals surface area contributed by atoms with E-state index in [4.69, 9.17) is 13.8 Å². The van der Waals surface area contributed by atoms with Gasteiger partial charge in [-0.05, 0) is 52.7 Å². The van der Waals surface area contributed by atoms with Gasteiger partial charge in [0.15, 0.2) is 0 Å². The minimum Gasteiger partial charge on any atom is -0.402 e. The summed E-state index contributed by atoms with van der Waals surface area (Å²) < 4.78 is 29.8. The molecular weight excluding hydrogens is 409 g/mol. The molecule has 9 heteroatoms. The van der Waals surface area contributed by atoms with Crippen LogP contribution in [0.4, 0.5) is 4.79 Å². The Morgan fingerprint density at radius 2 is 1.48 bits per heavy atom. The van der Waals surface area contributed by atoms with Gasteiger partial charge in [0.1, 0.15) is 0 Å². The van der Waals surface area contributed by atoms with Gasteiger partial charge in [-0.1, -0.05) is 33.9 Å². The number of nitrogens with zero attached hydrogens (tertiary/aromatic N) is 1. The number of rotatable bonds is 10. The third-order valence-corrected chi connectivity index (χ3v) is 12.8. The lowest BCUT2D eigenvalue weighted by Gasteiger charge is -2.39. The van der Waals surface area contributed by atoms with Gasteiger partial charge in [-0.3, -0.25) is 4.57 Å². The van der Waals surface area contributed by atoms with Gasteiger partial charge in [0.05, 0.1) is 27.0 Å². The van der Waals surface area contributed by atoms with Gasteiger partial charge in [0.2, 0.25) is 5.50 Å². The van der Waals surface area contributed by atoms with Gasteiger partial charge in [-0.25, -0.2) is 4.79 Å². The molecule has 0 rings (SSSR count). The molecule has 172 valence electrons. The van der Waals surface area contributed by atoms with Crippen molar-refractivity contribution in [2.24, 2.45) is 0 Å². The van der Waals surface area contributed by atoms with E-state index in [1.807, 2.05) is 40.8 Å². The molecule has 0 aromatic carbocycles. The van der Waals surface area contributed by atoms with E-state index in [1.54, 1.807) is 13.8 Å². The van der Waals surface area contributed by atoms with Crippen LogP contribution in [0.1, 0.15) is 62.3 Å². The number of carbonyl (C=O) groups is 1. The number of ether oxygens (including phenoxy) is 1. The van der Waals surface area contributed by atoms with Gasteiger partial charge in [-0.15, -0.1) is 0 Å². The first-order valence-corrected chi connectivity index (χ1v) is 15.0. The van der Waals surface area contributed by atoms with Crippen LogP contribution in [0.3, 0.4) is 0 Å². The van der Waals surface area contributed by atoms with Crippen molar-refractivity contribution in [2.45, 2.75) is 98.3 Å². The number of carbonyl (C=O) groups excluding carboxylic acids is 1. The predicted molar refractivity (Wildman–Crippen MR) is 121 cm³/mol. The van der Waals surface area contributed by atoms with Crippen LogP contribution in [0.15, 0.2) is 11.6 Å². The second-order valence-corrected chi connectivity index (χ2v) is 16.7. The van der Waals surface area contributed by atoms with Crippen LogP contribution in [0.5, 0.6) is 0 Å². The van der Waals surface area contributed by atoms with Crippen molar-refractivity contribution in [1.82, 2.24) is 4.90 Å². The SMILES string of the molecule is CCOP(=O)(OCC)/C(=C/C(O)[Si](C)(C)C(C)(C)C)OC(=O)N(C(C)C)C(C)C. The fraction of sp³-hybridized carbons (Fsp3) is 0.850. The van der Waals surface area contributed by atoms with E-state index < -0.39 is 27.5 Å². The van der Waals surface area contributed by atoms with E-state index in [0.717, 1.165) is 0 Å². The number of aliphatic hydroxyl groups excluding tert-OH is 1. The lowest BCUT2D eigenvalue weighted by Crippen LogP contribution is -2.48. The van der Waals surface area contributed by atoms with Crippen LogP contribution in [0.25, 0.3) is 0 Å². The van der Waals surface area contributed by atoms with E-state index in [0.29, 0.717) is 0 Å². The molecule has 1 amide bonds. The molecule has 1 atom stereocenters. The summed E-state index contributed by atoms with van der Waals surface area (Å²) in [5.74, 6) is 0. The molecule has 7 nitrogen and oxygen atoms in total. The molecule has 0 aromatic heterocycles. The molecule has 29 heavy (non-hydrogen) atoms. The number of amides is 1. The zero-order valence-corrected chi connectivity index (χ0v) is 22.0. The van der Waals surface area contributed by atoms with Crippen LogP contribution in [0, 0.1) is 0 Å². The van der Waals surface area contributed by atoms with Crippen molar-refractivity contribution < 1.29 is 28.3 Å². The Balaban J connectivity index is 6.29. The predicted octanol–water partition coefficient (Wildman–Crippen LogP) is 5.76. The summed E-state index contributed by atoms with van der Waals surface area (Å²) in [6, 6.07) is -0.236. The van der Waals surface area contributed by atoms with Crippen LogP contribution in [-0.4, -0.2) is 55.2 Å². The fourth-order valence-corrected chi connectivity index (χ4v) is 5.75. The Bertz CT molecular complexity index is 595. The van der Waals surface area contributed by atoms with Crippen molar-refractivity contribution in [3.8, 4) is 0 Å². The first-order valence-electron chi connectivity index (χ1n) is 10.3. The molecule has 0 aromatic rings. The zero-order valence-electron chi connectivity index (χ0n) is 20.1. The summed E-state index contributed by atoms with van der Waals surface area (Å²) in [4.78, 5) is 14.4. The molecule has 0 saturated heterocycles. The van der Waals surface area contributed by atoms with E-state index in [-0.39, 0.29) is 35.8 Å². The van der Waals surface area contributed by atoms with Gasteiger partial charge < -0.3 is 23.8 Å². The third kappa shape index (κ3) is 7.51. The first kappa shape index (κ1) is 28.3. The van der Waals surface area contributed by atoms with Crippen LogP contribution < -0.4 is 0 Å². The summed E-state index contributed by atoms with van der Waals surface area (Å²) in [6.07, 6.45) is 0.712. The van der Waals surface area contributed by atoms with E-state index >= 15 is 0 Å². The molecule has 0 radical (unpaired) electrons. The molecule has 0 spiro atoms. The maximum atomic E-state index is 13.4. The Morgan fingerprint density at radius 1 is 1.07 bits per heavy atom. The number of hydrogen-bond donors (Lipinski definition) is 1. The summed E-state index contributed by atoms with van der Waals surface area (Å²) in [6.45, 7) is 21.3. The molecule has 1 unspecified atom stereocenters. The minimum atomic E-state index is -3.91. The smallest absolute Gasteiger partial charge is 0.402 e. The topological polar surface area (TPSA) is 85.3 Å². The van der Waals surface area contributed by atoms with E-state index in [2.05, 4.69) is 20.8 Å². The Kier molecular flexibility index (Phi) is 10.8. The molecule has 0 fully saturated rings. The van der Waals surface area contributed by atoms with Crippen LogP contribution in [-0.2, 0) is 18.3 Å². The van der Waals surface area contributed by atoms with Gasteiger partial charge in [0, 0.05) is 12.1 Å². The zero-order chi connectivity index (χ0) is 23.2. The van der Waals surface area contributed by atoms with Crippen LogP contribution >= 0.6 is 7.60 Å². The monoisotopic (exact) mass is 451 g/mol. The lowest BCUT2D eigenvalue weighted by atomic mass is 10.2. The molecular formula is C20H42NO6PSi. The van der Waals surface area contributed by atoms with Gasteiger partial charge in [0.25, 0.3) is 0 Å². The summed E-state index contributed by atoms with van der Waals surface area (Å²) >= 11 is 0. The van der Waals surface area contributed by atoms with Gasteiger partial charge >= 0.3 is 13.7 Å². The minimum absolute atomic E-state index is 0.112. The average molecular weight is 452 g/mol. The molecule has 0 aliphatic carbocycles. The highest BCUT2D eigenvalue weighted by molar-refractivity contribution is 7.58. The molecule has 0 aliphatic heterocycles. The number of aliphatic hydroxyl groups is 1. The van der Waals surface area contributed by atoms with Crippen molar-refractivity contribution in [2.75, 3.05) is 13.2 Å². The third-order valence-electron chi connectivity index (χ3n) is 5.36. The summed E-state index contributed by atoms with van der Waals surface area (Å²) in [5.41, 5.74) is -1.15. The largest absolute Gasteiger partial charge is 0.415 e. The average Bonchev–Trinajstić information content (AvgIpc) is 2.52. The van der Waals surface area contributed by atoms with Crippen molar-refractivity contribution >= 4 is 21.8 Å². The fourth-order valence-electron chi connectivity index (χ4n) is 2.63. The van der Waals surface area contributed by atoms with E-state index in [9.17, 15) is 14.5 Å². The normalized spacial score (nSPS) is 15.0. The second-order valence-electron chi connectivity index (χ2n) is 9.22. The van der Waals surface area contributed by atoms with Crippen LogP contribution in [0.2, 0.25) is 18.1 Å². The maximum Gasteiger partial charge on any atom is 0.415 e. The van der Waals surface area contributed by atoms with Gasteiger partial charge in [-0.2, -0.15) is 0 Å². The molecule has 0 heterocycles. The molecule has 0 bridgehead atoms. The Labute approximate surface area is 178 Å². The Hall–Kier alpha value is -0.663. The molecule has 0 aliphatic rings. The maximum absolute atomic E-state index is 13.4. The summed E-state index contributed by atoms with van der Waals surface area (Å²) in [5, 5.41) is 10.9. The van der Waals surface area contributed by atoms with Crippen molar-refractivity contribution in [3.63, 3.8) is 0 Å². The Morgan fingerprint density at radius 3 is 1.79 bits per heavy atom. The standard InChI is InChI=1S/C20H42NO6PSi/c1-12-25-28(24,26-13-2)18(14-17(22)29(10,11)20(7,8)9)27-19(23)21(15(3)4)16(5)6/h14-17,22H,12-13H2,1-11H3/b18-14+. The highest BCUT2D eigenvalue weighted by Crippen LogP contribution is 2.57.